The standard InChI is InChI=1S/C36H40FN3O6Si/c1-5-17-39-28-16-15-26(40-29-13-9-10-14-30(29)45-23-33(40)43)20-27(28)36(35(39)44)24(2)34(47(3,4)37)31(46-36)21-32(42)38(18-19-41)22-25-11-7-6-8-12-25/h5-16,20,24,31,34,41H,1,17-19,21-23H2,2-4H3/t24-,31+,34-,36+/m1/s1. The minimum atomic E-state index is -3.55. The van der Waals surface area contributed by atoms with Crippen LogP contribution >= 0.6 is 0 Å². The molecule has 3 aliphatic rings. The van der Waals surface area contributed by atoms with Gasteiger partial charge in [0.25, 0.3) is 11.8 Å². The maximum Gasteiger partial charge on any atom is 0.269 e. The van der Waals surface area contributed by atoms with Gasteiger partial charge in [-0.2, -0.15) is 0 Å². The monoisotopic (exact) mass is 657 g/mol. The van der Waals surface area contributed by atoms with Crippen LogP contribution in [0.2, 0.25) is 18.6 Å². The number of rotatable bonds is 10. The third kappa shape index (κ3) is 5.66. The Hall–Kier alpha value is -4.32. The van der Waals surface area contributed by atoms with Crippen molar-refractivity contribution in [2.24, 2.45) is 5.92 Å². The van der Waals surface area contributed by atoms with E-state index in [9.17, 15) is 19.5 Å². The van der Waals surface area contributed by atoms with Crippen molar-refractivity contribution in [2.75, 3.05) is 36.1 Å². The number of aliphatic hydroxyl groups is 1. The fourth-order valence-electron chi connectivity index (χ4n) is 7.59. The number of amides is 3. The summed E-state index contributed by atoms with van der Waals surface area (Å²) < 4.78 is 28.8. The number of aliphatic hydroxyl groups excluding tert-OH is 1. The lowest BCUT2D eigenvalue weighted by Gasteiger charge is -2.32. The SMILES string of the molecule is C=CCN1C(=O)[C@@]2(O[C@@H](CC(=O)N(CCO)Cc3ccccc3)[C@H]([Si](C)(C)F)[C@H]2C)c2cc(N3C(=O)COc4ccccc43)ccc21. The second kappa shape index (κ2) is 12.7. The number of ether oxygens (including phenoxy) is 2. The van der Waals surface area contributed by atoms with Crippen molar-refractivity contribution in [3.05, 3.63) is 96.6 Å². The molecule has 1 spiro atoms. The van der Waals surface area contributed by atoms with E-state index in [4.69, 9.17) is 9.47 Å². The number of anilines is 3. The number of hydrogen-bond acceptors (Lipinski definition) is 6. The lowest BCUT2D eigenvalue weighted by atomic mass is 9.82. The number of halogens is 1. The zero-order valence-corrected chi connectivity index (χ0v) is 27.9. The van der Waals surface area contributed by atoms with Crippen LogP contribution in [0.4, 0.5) is 21.2 Å². The van der Waals surface area contributed by atoms with Gasteiger partial charge in [0.05, 0.1) is 30.5 Å². The Labute approximate surface area is 275 Å². The Balaban J connectivity index is 1.41. The molecule has 0 bridgehead atoms. The van der Waals surface area contributed by atoms with E-state index in [0.717, 1.165) is 5.56 Å². The first-order valence-electron chi connectivity index (χ1n) is 15.9. The highest BCUT2D eigenvalue weighted by Gasteiger charge is 2.67. The number of para-hydroxylation sites is 2. The third-order valence-corrected chi connectivity index (χ3v) is 12.0. The topological polar surface area (TPSA) is 99.6 Å². The molecule has 0 saturated carbocycles. The Morgan fingerprint density at radius 3 is 2.53 bits per heavy atom. The quantitative estimate of drug-likeness (QED) is 0.177. The molecule has 0 aliphatic carbocycles. The van der Waals surface area contributed by atoms with Crippen molar-refractivity contribution in [1.82, 2.24) is 4.90 Å². The molecule has 1 N–H and O–H groups in total. The van der Waals surface area contributed by atoms with Crippen molar-refractivity contribution < 1.29 is 33.1 Å². The van der Waals surface area contributed by atoms with Gasteiger partial charge >= 0.3 is 0 Å². The first kappa shape index (κ1) is 32.6. The summed E-state index contributed by atoms with van der Waals surface area (Å²) >= 11 is 0. The van der Waals surface area contributed by atoms with Gasteiger partial charge in [-0.3, -0.25) is 19.3 Å². The molecule has 1 saturated heterocycles. The normalized spacial score (nSPS) is 23.5. The van der Waals surface area contributed by atoms with Crippen molar-refractivity contribution in [2.45, 2.75) is 50.2 Å². The van der Waals surface area contributed by atoms with E-state index < -0.39 is 31.6 Å². The number of fused-ring (bicyclic) bond motifs is 3. The Kier molecular flexibility index (Phi) is 8.81. The molecule has 0 aromatic heterocycles. The van der Waals surface area contributed by atoms with E-state index in [0.29, 0.717) is 28.4 Å². The second-order valence-electron chi connectivity index (χ2n) is 12.9. The molecule has 3 aromatic carbocycles. The zero-order chi connectivity index (χ0) is 33.5. The Morgan fingerprint density at radius 2 is 1.83 bits per heavy atom. The lowest BCUT2D eigenvalue weighted by molar-refractivity contribution is -0.149. The van der Waals surface area contributed by atoms with Crippen LogP contribution in [-0.4, -0.2) is 68.5 Å². The molecule has 11 heteroatoms. The fraction of sp³-hybridized carbons (Fsp3) is 0.361. The van der Waals surface area contributed by atoms with Gasteiger partial charge in [-0.05, 0) is 49.0 Å². The molecule has 3 amide bonds. The smallest absolute Gasteiger partial charge is 0.269 e. The number of carbonyl (C=O) groups excluding carboxylic acids is 3. The molecule has 246 valence electrons. The summed E-state index contributed by atoms with van der Waals surface area (Å²) in [5.74, 6) is -0.981. The van der Waals surface area contributed by atoms with Crippen LogP contribution in [0.1, 0.15) is 24.5 Å². The van der Waals surface area contributed by atoms with Crippen molar-refractivity contribution in [3.8, 4) is 5.75 Å². The molecule has 6 rings (SSSR count). The molecule has 0 radical (unpaired) electrons. The van der Waals surface area contributed by atoms with E-state index in [1.807, 2.05) is 49.4 Å². The number of hydrogen-bond donors (Lipinski definition) is 1. The van der Waals surface area contributed by atoms with Gasteiger partial charge < -0.3 is 28.5 Å². The van der Waals surface area contributed by atoms with Crippen molar-refractivity contribution in [1.29, 1.82) is 0 Å². The summed E-state index contributed by atoms with van der Waals surface area (Å²) in [4.78, 5) is 46.3. The van der Waals surface area contributed by atoms with E-state index in [1.165, 1.54) is 0 Å². The first-order valence-corrected chi connectivity index (χ1v) is 18.9. The zero-order valence-electron chi connectivity index (χ0n) is 26.9. The molecule has 1 fully saturated rings. The molecule has 3 aromatic rings. The average Bonchev–Trinajstić information content (AvgIpc) is 3.47. The highest BCUT2D eigenvalue weighted by Crippen LogP contribution is 2.60. The van der Waals surface area contributed by atoms with Gasteiger partial charge in [-0.15, -0.1) is 6.58 Å². The lowest BCUT2D eigenvalue weighted by Crippen LogP contribution is -2.45. The van der Waals surface area contributed by atoms with E-state index >= 15 is 4.11 Å². The van der Waals surface area contributed by atoms with Crippen LogP contribution in [0, 0.1) is 5.92 Å². The first-order chi connectivity index (χ1) is 22.5. The summed E-state index contributed by atoms with van der Waals surface area (Å²) in [6.07, 6.45) is 0.581. The largest absolute Gasteiger partial charge is 0.482 e. The number of nitrogens with zero attached hydrogens (tertiary/aromatic N) is 3. The molecule has 3 aliphatic heterocycles. The minimum absolute atomic E-state index is 0.107. The van der Waals surface area contributed by atoms with Gasteiger partial charge in [-0.1, -0.05) is 55.5 Å². The van der Waals surface area contributed by atoms with Crippen LogP contribution < -0.4 is 14.5 Å². The van der Waals surface area contributed by atoms with Crippen LogP contribution in [-0.2, 0) is 31.3 Å². The van der Waals surface area contributed by atoms with Crippen LogP contribution in [0.3, 0.4) is 0 Å². The maximum absolute atomic E-state index is 16.4. The fourth-order valence-corrected chi connectivity index (χ4v) is 10.1. The summed E-state index contributed by atoms with van der Waals surface area (Å²) in [5.41, 5.74) is 0.833. The van der Waals surface area contributed by atoms with Crippen LogP contribution in [0.25, 0.3) is 0 Å². The van der Waals surface area contributed by atoms with E-state index in [2.05, 4.69) is 6.58 Å². The molecule has 47 heavy (non-hydrogen) atoms. The van der Waals surface area contributed by atoms with Gasteiger partial charge in [-0.25, -0.2) is 0 Å². The second-order valence-corrected chi connectivity index (χ2v) is 16.7. The highest BCUT2D eigenvalue weighted by atomic mass is 28.4. The summed E-state index contributed by atoms with van der Waals surface area (Å²) in [5, 5.41) is 9.78. The molecule has 3 heterocycles. The molecule has 0 unspecified atom stereocenters. The predicted octanol–water partition coefficient (Wildman–Crippen LogP) is 5.46. The van der Waals surface area contributed by atoms with Crippen molar-refractivity contribution in [3.63, 3.8) is 0 Å². The molecular formula is C36H40FN3O6Si. The Morgan fingerprint density at radius 1 is 1.11 bits per heavy atom. The Bertz CT molecular complexity index is 1700. The predicted molar refractivity (Wildman–Crippen MR) is 180 cm³/mol. The van der Waals surface area contributed by atoms with Gasteiger partial charge in [0.1, 0.15) is 5.75 Å². The third-order valence-electron chi connectivity index (χ3n) is 9.54. The summed E-state index contributed by atoms with van der Waals surface area (Å²) in [7, 11) is -3.55. The minimum Gasteiger partial charge on any atom is -0.482 e. The number of carbonyl (C=O) groups is 3. The van der Waals surface area contributed by atoms with Gasteiger partial charge in [0, 0.05) is 42.3 Å². The van der Waals surface area contributed by atoms with E-state index in [1.54, 1.807) is 64.2 Å². The molecule has 9 nitrogen and oxygen atoms in total. The average molecular weight is 658 g/mol. The maximum atomic E-state index is 16.4. The summed E-state index contributed by atoms with van der Waals surface area (Å²) in [6, 6.07) is 22.0. The van der Waals surface area contributed by atoms with Crippen molar-refractivity contribution >= 4 is 43.2 Å². The molecule has 4 atom stereocenters. The van der Waals surface area contributed by atoms with Crippen LogP contribution in [0.5, 0.6) is 5.75 Å². The highest BCUT2D eigenvalue weighted by molar-refractivity contribution is 6.72. The number of benzene rings is 3. The van der Waals surface area contributed by atoms with E-state index in [-0.39, 0.29) is 57.0 Å². The summed E-state index contributed by atoms with van der Waals surface area (Å²) in [6.45, 7) is 9.07. The van der Waals surface area contributed by atoms with Gasteiger partial charge in [0.2, 0.25) is 14.3 Å². The van der Waals surface area contributed by atoms with Crippen LogP contribution in [0.15, 0.2) is 85.5 Å². The molecular weight excluding hydrogens is 617 g/mol. The van der Waals surface area contributed by atoms with Gasteiger partial charge in [0.15, 0.2) is 12.2 Å².